The maximum absolute atomic E-state index is 13.7. The van der Waals surface area contributed by atoms with E-state index >= 15 is 0 Å². The van der Waals surface area contributed by atoms with Gasteiger partial charge < -0.3 is 9.67 Å². The topological polar surface area (TPSA) is 62.5 Å². The van der Waals surface area contributed by atoms with Crippen molar-refractivity contribution in [3.63, 3.8) is 0 Å². The minimum Gasteiger partial charge on any atom is -0.389 e. The van der Waals surface area contributed by atoms with Gasteiger partial charge in [0.05, 0.1) is 29.8 Å². The Balaban J connectivity index is 1.54. The van der Waals surface area contributed by atoms with Crippen LogP contribution in [-0.4, -0.2) is 30.7 Å². The summed E-state index contributed by atoms with van der Waals surface area (Å²) in [6, 6.07) is 27.8. The highest BCUT2D eigenvalue weighted by Gasteiger charge is 2.28. The van der Waals surface area contributed by atoms with E-state index in [2.05, 4.69) is 48.6 Å². The number of aryl methyl sites for hydroxylation is 1. The summed E-state index contributed by atoms with van der Waals surface area (Å²) >= 11 is 7.12. The summed E-state index contributed by atoms with van der Waals surface area (Å²) in [4.78, 5) is 0.190. The molecule has 0 saturated heterocycles. The summed E-state index contributed by atoms with van der Waals surface area (Å²) in [5, 5.41) is 13.4. The highest BCUT2D eigenvalue weighted by molar-refractivity contribution is 9.10. The first-order chi connectivity index (χ1) is 17.2. The number of halogens is 2. The van der Waals surface area contributed by atoms with Crippen molar-refractivity contribution in [3.8, 4) is 0 Å². The Morgan fingerprint density at radius 3 is 1.94 bits per heavy atom. The maximum atomic E-state index is 13.7. The zero-order valence-electron chi connectivity index (χ0n) is 19.5. The van der Waals surface area contributed by atoms with Crippen LogP contribution >= 0.6 is 31.9 Å². The molecule has 1 N–H and O–H groups in total. The minimum atomic E-state index is -3.89. The van der Waals surface area contributed by atoms with Gasteiger partial charge in [-0.15, -0.1) is 0 Å². The highest BCUT2D eigenvalue weighted by atomic mass is 79.9. The molecular formula is C28H24Br2N2O3S. The molecule has 0 spiro atoms. The van der Waals surface area contributed by atoms with Crippen LogP contribution in [0.25, 0.3) is 21.8 Å². The summed E-state index contributed by atoms with van der Waals surface area (Å²) in [6.07, 6.45) is -0.962. The fourth-order valence-corrected chi connectivity index (χ4v) is 6.70. The van der Waals surface area contributed by atoms with Crippen molar-refractivity contribution in [1.82, 2.24) is 4.57 Å². The number of aliphatic hydroxyl groups is 1. The summed E-state index contributed by atoms with van der Waals surface area (Å²) < 4.78 is 32.6. The smallest absolute Gasteiger partial charge is 0.264 e. The lowest BCUT2D eigenvalue weighted by Crippen LogP contribution is -2.39. The second-order valence-corrected chi connectivity index (χ2v) is 12.5. The molecule has 0 aliphatic carbocycles. The van der Waals surface area contributed by atoms with Gasteiger partial charge in [0.2, 0.25) is 0 Å². The third-order valence-electron chi connectivity index (χ3n) is 6.21. The van der Waals surface area contributed by atoms with Crippen molar-refractivity contribution in [3.05, 3.63) is 106 Å². The molecule has 36 heavy (non-hydrogen) atoms. The van der Waals surface area contributed by atoms with Gasteiger partial charge in [-0.3, -0.25) is 4.31 Å². The van der Waals surface area contributed by atoms with E-state index in [0.717, 1.165) is 36.3 Å². The Morgan fingerprint density at radius 1 is 0.833 bits per heavy atom. The molecule has 0 aliphatic rings. The molecule has 0 amide bonds. The Hall–Kier alpha value is -2.65. The molecule has 1 atom stereocenters. The molecule has 5 aromatic rings. The zero-order chi connectivity index (χ0) is 25.4. The van der Waals surface area contributed by atoms with Crippen LogP contribution < -0.4 is 4.31 Å². The normalized spacial score (nSPS) is 12.8. The molecule has 0 radical (unpaired) electrons. The molecule has 5 rings (SSSR count). The van der Waals surface area contributed by atoms with Gasteiger partial charge in [-0.2, -0.15) is 0 Å². The van der Waals surface area contributed by atoms with Crippen molar-refractivity contribution in [2.24, 2.45) is 0 Å². The minimum absolute atomic E-state index is 0.0888. The number of rotatable bonds is 7. The van der Waals surface area contributed by atoms with Gasteiger partial charge in [-0.25, -0.2) is 8.42 Å². The van der Waals surface area contributed by atoms with Crippen LogP contribution in [0.5, 0.6) is 0 Å². The number of fused-ring (bicyclic) bond motifs is 3. The number of para-hydroxylation sites is 1. The largest absolute Gasteiger partial charge is 0.389 e. The molecule has 0 bridgehead atoms. The van der Waals surface area contributed by atoms with Crippen LogP contribution in [0.2, 0.25) is 0 Å². The van der Waals surface area contributed by atoms with E-state index in [-0.39, 0.29) is 18.0 Å². The molecule has 8 heteroatoms. The Bertz CT molecular complexity index is 1590. The van der Waals surface area contributed by atoms with Crippen LogP contribution in [-0.2, 0) is 16.6 Å². The first-order valence-corrected chi connectivity index (χ1v) is 14.5. The fourth-order valence-electron chi connectivity index (χ4n) is 4.48. The van der Waals surface area contributed by atoms with E-state index in [4.69, 9.17) is 0 Å². The SMILES string of the molecule is Cc1ccc(S(=O)(=O)N(C[C@@H](O)Cn2c3ccc(Br)cc3c3cc(Br)ccc32)c2ccccc2)cc1. The monoisotopic (exact) mass is 626 g/mol. The van der Waals surface area contributed by atoms with Crippen molar-refractivity contribution in [1.29, 1.82) is 0 Å². The van der Waals surface area contributed by atoms with E-state index in [1.165, 1.54) is 4.31 Å². The average molecular weight is 628 g/mol. The number of hydrogen-bond acceptors (Lipinski definition) is 3. The molecule has 0 aliphatic heterocycles. The molecular weight excluding hydrogens is 604 g/mol. The zero-order valence-corrected chi connectivity index (χ0v) is 23.5. The summed E-state index contributed by atoms with van der Waals surface area (Å²) in [5.41, 5.74) is 3.42. The van der Waals surface area contributed by atoms with Gasteiger partial charge in [0.15, 0.2) is 0 Å². The highest BCUT2D eigenvalue weighted by Crippen LogP contribution is 2.33. The number of nitrogens with zero attached hydrogens (tertiary/aromatic N) is 2. The van der Waals surface area contributed by atoms with E-state index in [1.54, 1.807) is 48.5 Å². The number of aliphatic hydroxyl groups excluding tert-OH is 1. The molecule has 5 nitrogen and oxygen atoms in total. The van der Waals surface area contributed by atoms with Gasteiger partial charge in [0, 0.05) is 30.8 Å². The quantitative estimate of drug-likeness (QED) is 0.214. The van der Waals surface area contributed by atoms with Crippen molar-refractivity contribution < 1.29 is 13.5 Å². The maximum Gasteiger partial charge on any atom is 0.264 e. The number of benzene rings is 4. The van der Waals surface area contributed by atoms with E-state index < -0.39 is 16.1 Å². The number of hydrogen-bond donors (Lipinski definition) is 1. The lowest BCUT2D eigenvalue weighted by atomic mass is 10.2. The second-order valence-electron chi connectivity index (χ2n) is 8.77. The van der Waals surface area contributed by atoms with Crippen molar-refractivity contribution >= 4 is 69.4 Å². The number of aromatic nitrogens is 1. The molecule has 1 aromatic heterocycles. The molecule has 1 heterocycles. The van der Waals surface area contributed by atoms with Gasteiger partial charge in [-0.1, -0.05) is 67.8 Å². The lowest BCUT2D eigenvalue weighted by Gasteiger charge is -2.27. The van der Waals surface area contributed by atoms with Crippen molar-refractivity contribution in [2.45, 2.75) is 24.5 Å². The number of sulfonamides is 1. The molecule has 0 fully saturated rings. The fraction of sp³-hybridized carbons (Fsp3) is 0.143. The number of anilines is 1. The van der Waals surface area contributed by atoms with Crippen molar-refractivity contribution in [2.75, 3.05) is 10.8 Å². The van der Waals surface area contributed by atoms with Crippen LogP contribution in [0.1, 0.15) is 5.56 Å². The molecule has 0 unspecified atom stereocenters. The summed E-state index contributed by atoms with van der Waals surface area (Å²) in [7, 11) is -3.89. The third-order valence-corrected chi connectivity index (χ3v) is 9.01. The third kappa shape index (κ3) is 4.83. The van der Waals surface area contributed by atoms with E-state index in [1.807, 2.05) is 37.3 Å². The first-order valence-electron chi connectivity index (χ1n) is 11.4. The van der Waals surface area contributed by atoms with Gasteiger partial charge >= 0.3 is 0 Å². The molecule has 184 valence electrons. The predicted octanol–water partition coefficient (Wildman–Crippen LogP) is 6.88. The first kappa shape index (κ1) is 25.0. The van der Waals surface area contributed by atoms with Gasteiger partial charge in [-0.05, 0) is 67.6 Å². The summed E-state index contributed by atoms with van der Waals surface area (Å²) in [5.74, 6) is 0. The van der Waals surface area contributed by atoms with Crippen LogP contribution in [0.4, 0.5) is 5.69 Å². The standard InChI is InChI=1S/C28H24Br2N2O3S/c1-19-7-11-24(12-8-19)36(34,35)32(22-5-3-2-4-6-22)18-23(33)17-31-27-13-9-20(29)15-25(27)26-16-21(30)10-14-28(26)31/h2-16,23,33H,17-18H2,1H3/t23-/m0/s1. The van der Waals surface area contributed by atoms with Crippen LogP contribution in [0, 0.1) is 6.92 Å². The molecule has 4 aromatic carbocycles. The average Bonchev–Trinajstić information content (AvgIpc) is 3.15. The second kappa shape index (κ2) is 10.0. The predicted molar refractivity (Wildman–Crippen MR) is 153 cm³/mol. The van der Waals surface area contributed by atoms with Gasteiger partial charge in [0.1, 0.15) is 0 Å². The Labute approximate surface area is 227 Å². The van der Waals surface area contributed by atoms with Crippen LogP contribution in [0.15, 0.2) is 105 Å². The Kier molecular flexibility index (Phi) is 6.96. The van der Waals surface area contributed by atoms with E-state index in [0.29, 0.717) is 5.69 Å². The lowest BCUT2D eigenvalue weighted by molar-refractivity contribution is 0.166. The van der Waals surface area contributed by atoms with Crippen LogP contribution in [0.3, 0.4) is 0 Å². The molecule has 0 saturated carbocycles. The Morgan fingerprint density at radius 2 is 1.39 bits per heavy atom. The van der Waals surface area contributed by atoms with Gasteiger partial charge in [0.25, 0.3) is 10.0 Å². The summed E-state index contributed by atoms with van der Waals surface area (Å²) in [6.45, 7) is 2.06. The van der Waals surface area contributed by atoms with E-state index in [9.17, 15) is 13.5 Å².